The van der Waals surface area contributed by atoms with Gasteiger partial charge in [-0.3, -0.25) is 4.79 Å². The number of carbonyl (C=O) groups is 1. The van der Waals surface area contributed by atoms with Crippen LogP contribution < -0.4 is 5.32 Å². The van der Waals surface area contributed by atoms with Crippen LogP contribution in [0.1, 0.15) is 38.2 Å². The van der Waals surface area contributed by atoms with Gasteiger partial charge in [0.05, 0.1) is 0 Å². The summed E-state index contributed by atoms with van der Waals surface area (Å²) in [6.07, 6.45) is 6.14. The van der Waals surface area contributed by atoms with E-state index in [1.807, 2.05) is 30.3 Å². The topological polar surface area (TPSA) is 52.9 Å². The maximum atomic E-state index is 12.3. The first-order valence-corrected chi connectivity index (χ1v) is 8.08. The summed E-state index contributed by atoms with van der Waals surface area (Å²) < 4.78 is 0.872. The third-order valence-electron chi connectivity index (χ3n) is 4.00. The van der Waals surface area contributed by atoms with Crippen molar-refractivity contribution in [3.8, 4) is 6.07 Å². The molecule has 0 aliphatic heterocycles. The number of nitrogens with zero attached hydrogens (tertiary/aromatic N) is 1. The molecule has 1 N–H and O–H groups in total. The monoisotopic (exact) mass is 346 g/mol. The maximum absolute atomic E-state index is 12.3. The van der Waals surface area contributed by atoms with Crippen molar-refractivity contribution in [2.45, 2.75) is 38.6 Å². The summed E-state index contributed by atoms with van der Waals surface area (Å²) in [6, 6.07) is 9.74. The van der Waals surface area contributed by atoms with E-state index < -0.39 is 0 Å². The molecule has 2 unspecified atom stereocenters. The highest BCUT2D eigenvalue weighted by molar-refractivity contribution is 9.10. The Morgan fingerprint density at radius 2 is 2.10 bits per heavy atom. The number of nitriles is 1. The molecule has 0 saturated heterocycles. The zero-order valence-electron chi connectivity index (χ0n) is 12.1. The number of hydrogen-bond donors (Lipinski definition) is 1. The van der Waals surface area contributed by atoms with Gasteiger partial charge < -0.3 is 5.32 Å². The average molecular weight is 347 g/mol. The van der Waals surface area contributed by atoms with Gasteiger partial charge in [-0.2, -0.15) is 5.26 Å². The van der Waals surface area contributed by atoms with Gasteiger partial charge in [-0.05, 0) is 36.5 Å². The van der Waals surface area contributed by atoms with Crippen molar-refractivity contribution in [3.63, 3.8) is 0 Å². The summed E-state index contributed by atoms with van der Waals surface area (Å²) in [5, 5.41) is 12.3. The van der Waals surface area contributed by atoms with Crippen molar-refractivity contribution in [2.75, 3.05) is 0 Å². The molecule has 0 bridgehead atoms. The highest BCUT2D eigenvalue weighted by atomic mass is 79.9. The highest BCUT2D eigenvalue weighted by Crippen LogP contribution is 2.24. The minimum atomic E-state index is -0.271. The number of carbonyl (C=O) groups excluding carboxylic acids is 1. The second-order valence-electron chi connectivity index (χ2n) is 5.53. The van der Waals surface area contributed by atoms with Gasteiger partial charge in [-0.25, -0.2) is 0 Å². The van der Waals surface area contributed by atoms with Crippen LogP contribution >= 0.6 is 15.9 Å². The van der Waals surface area contributed by atoms with Crippen molar-refractivity contribution < 1.29 is 4.79 Å². The lowest BCUT2D eigenvalue weighted by molar-refractivity contribution is -0.118. The second kappa shape index (κ2) is 7.42. The lowest BCUT2D eigenvalue weighted by atomic mass is 9.86. The molecule has 21 heavy (non-hydrogen) atoms. The fourth-order valence-electron chi connectivity index (χ4n) is 2.67. The SMILES string of the molecule is CC1CCCCC1NC(=O)/C(C#N)=C/c1ccccc1Br. The van der Waals surface area contributed by atoms with E-state index in [-0.39, 0.29) is 17.5 Å². The quantitative estimate of drug-likeness (QED) is 0.662. The van der Waals surface area contributed by atoms with Crippen LogP contribution in [0.4, 0.5) is 0 Å². The molecule has 2 atom stereocenters. The number of nitrogens with one attached hydrogen (secondary N) is 1. The summed E-state index contributed by atoms with van der Waals surface area (Å²) in [7, 11) is 0. The Labute approximate surface area is 134 Å². The van der Waals surface area contributed by atoms with Gasteiger partial charge in [0, 0.05) is 10.5 Å². The third kappa shape index (κ3) is 4.18. The molecule has 1 aliphatic rings. The van der Waals surface area contributed by atoms with Crippen molar-refractivity contribution >= 4 is 27.9 Å². The summed E-state index contributed by atoms with van der Waals surface area (Å²) in [4.78, 5) is 12.3. The molecule has 1 amide bonds. The molecule has 1 aliphatic carbocycles. The number of amides is 1. The van der Waals surface area contributed by atoms with E-state index >= 15 is 0 Å². The van der Waals surface area contributed by atoms with Crippen LogP contribution in [0, 0.1) is 17.2 Å². The third-order valence-corrected chi connectivity index (χ3v) is 4.72. The lowest BCUT2D eigenvalue weighted by Gasteiger charge is -2.29. The van der Waals surface area contributed by atoms with Crippen molar-refractivity contribution in [2.24, 2.45) is 5.92 Å². The Balaban J connectivity index is 2.12. The summed E-state index contributed by atoms with van der Waals surface area (Å²) >= 11 is 3.43. The summed E-state index contributed by atoms with van der Waals surface area (Å²) in [6.45, 7) is 2.16. The fraction of sp³-hybridized carbons (Fsp3) is 0.412. The van der Waals surface area contributed by atoms with Gasteiger partial charge in [-0.1, -0.05) is 53.9 Å². The highest BCUT2D eigenvalue weighted by Gasteiger charge is 2.24. The molecule has 4 heteroatoms. The molecule has 1 saturated carbocycles. The molecule has 0 aromatic heterocycles. The van der Waals surface area contributed by atoms with E-state index in [1.54, 1.807) is 6.08 Å². The number of benzene rings is 1. The van der Waals surface area contributed by atoms with Crippen LogP contribution in [0.15, 0.2) is 34.3 Å². The van der Waals surface area contributed by atoms with E-state index in [9.17, 15) is 10.1 Å². The van der Waals surface area contributed by atoms with Gasteiger partial charge in [0.2, 0.25) is 0 Å². The summed E-state index contributed by atoms with van der Waals surface area (Å²) in [5.74, 6) is 0.207. The fourth-order valence-corrected chi connectivity index (χ4v) is 3.07. The minimum absolute atomic E-state index is 0.152. The largest absolute Gasteiger partial charge is 0.348 e. The Morgan fingerprint density at radius 3 is 2.76 bits per heavy atom. The number of hydrogen-bond acceptors (Lipinski definition) is 2. The maximum Gasteiger partial charge on any atom is 0.262 e. The molecule has 0 radical (unpaired) electrons. The standard InChI is InChI=1S/C17H19BrN2O/c1-12-6-2-5-9-16(12)20-17(21)14(11-19)10-13-7-3-4-8-15(13)18/h3-4,7-8,10,12,16H,2,5-6,9H2,1H3,(H,20,21)/b14-10+. The Bertz CT molecular complexity index is 589. The first kappa shape index (κ1) is 15.8. The first-order chi connectivity index (χ1) is 10.1. The van der Waals surface area contributed by atoms with Gasteiger partial charge in [0.15, 0.2) is 0 Å². The Hall–Kier alpha value is -1.60. The smallest absolute Gasteiger partial charge is 0.262 e. The molecule has 3 nitrogen and oxygen atoms in total. The molecule has 1 aromatic rings. The zero-order valence-corrected chi connectivity index (χ0v) is 13.7. The van der Waals surface area contributed by atoms with Gasteiger partial charge in [0.25, 0.3) is 5.91 Å². The van der Waals surface area contributed by atoms with E-state index in [0.29, 0.717) is 5.92 Å². The van der Waals surface area contributed by atoms with Crippen LogP contribution in [-0.2, 0) is 4.79 Å². The van der Waals surface area contributed by atoms with Gasteiger partial charge >= 0.3 is 0 Å². The van der Waals surface area contributed by atoms with Crippen LogP contribution in [0.3, 0.4) is 0 Å². The molecular formula is C17H19BrN2O. The van der Waals surface area contributed by atoms with Crippen LogP contribution in [0.5, 0.6) is 0 Å². The van der Waals surface area contributed by atoms with Crippen molar-refractivity contribution in [1.29, 1.82) is 5.26 Å². The van der Waals surface area contributed by atoms with Gasteiger partial charge in [-0.15, -0.1) is 0 Å². The predicted molar refractivity (Wildman–Crippen MR) is 87.3 cm³/mol. The number of rotatable bonds is 3. The molecule has 1 aromatic carbocycles. The minimum Gasteiger partial charge on any atom is -0.348 e. The second-order valence-corrected chi connectivity index (χ2v) is 6.39. The molecule has 110 valence electrons. The Kier molecular flexibility index (Phi) is 5.58. The molecule has 0 spiro atoms. The van der Waals surface area contributed by atoms with E-state index in [0.717, 1.165) is 29.3 Å². The lowest BCUT2D eigenvalue weighted by Crippen LogP contribution is -2.41. The Morgan fingerprint density at radius 1 is 1.38 bits per heavy atom. The molecule has 0 heterocycles. The number of halogens is 1. The predicted octanol–water partition coefficient (Wildman–Crippen LogP) is 4.05. The van der Waals surface area contributed by atoms with Crippen molar-refractivity contribution in [3.05, 3.63) is 39.9 Å². The van der Waals surface area contributed by atoms with E-state index in [2.05, 4.69) is 28.2 Å². The van der Waals surface area contributed by atoms with Gasteiger partial charge in [0.1, 0.15) is 11.6 Å². The molecule has 2 rings (SSSR count). The molecular weight excluding hydrogens is 328 g/mol. The summed E-state index contributed by atoms with van der Waals surface area (Å²) in [5.41, 5.74) is 0.987. The zero-order chi connectivity index (χ0) is 15.2. The average Bonchev–Trinajstić information content (AvgIpc) is 2.48. The normalized spacial score (nSPS) is 22.4. The van der Waals surface area contributed by atoms with Crippen LogP contribution in [0.2, 0.25) is 0 Å². The van der Waals surface area contributed by atoms with E-state index in [4.69, 9.17) is 0 Å². The van der Waals surface area contributed by atoms with Crippen LogP contribution in [0.25, 0.3) is 6.08 Å². The molecule has 1 fully saturated rings. The van der Waals surface area contributed by atoms with Crippen LogP contribution in [-0.4, -0.2) is 11.9 Å². The van der Waals surface area contributed by atoms with E-state index in [1.165, 1.54) is 6.42 Å². The first-order valence-electron chi connectivity index (χ1n) is 7.29. The van der Waals surface area contributed by atoms with Crippen molar-refractivity contribution in [1.82, 2.24) is 5.32 Å².